The number of aryl methyl sites for hydroxylation is 2. The van der Waals surface area contributed by atoms with Crippen molar-refractivity contribution in [2.75, 3.05) is 26.2 Å². The molecule has 0 saturated heterocycles. The Labute approximate surface area is 166 Å². The van der Waals surface area contributed by atoms with Crippen molar-refractivity contribution < 1.29 is 0 Å². The fraction of sp³-hybridized carbons (Fsp3) is 0.381. The second kappa shape index (κ2) is 10.6. The van der Waals surface area contributed by atoms with Gasteiger partial charge in [0, 0.05) is 27.8 Å². The Morgan fingerprint density at radius 2 is 1.77 bits per heavy atom. The highest BCUT2D eigenvalue weighted by Gasteiger charge is 2.09. The molecule has 1 N–H and O–H groups in total. The topological polar surface area (TPSA) is 39.1 Å². The van der Waals surface area contributed by atoms with E-state index in [0.717, 1.165) is 31.1 Å². The highest BCUT2D eigenvalue weighted by atomic mass is 32.2. The van der Waals surface area contributed by atoms with Crippen molar-refractivity contribution in [2.24, 2.45) is 0 Å². The standard InChI is InChI=1S/C21H27N3S2/c1-5-24(6-2)12-11-23-26-21-14-18(15-22)9-10-19(21)25-20-13-16(3)7-8-17(20)4/h7-10,13-14,23H,5-6,11-12H2,1-4H3. The SMILES string of the molecule is CCN(CC)CCNSc1cc(C#N)ccc1Sc1cc(C)ccc1C. The van der Waals surface area contributed by atoms with Gasteiger partial charge in [-0.05, 0) is 74.3 Å². The molecule has 0 aromatic heterocycles. The molecule has 0 heterocycles. The van der Waals surface area contributed by atoms with E-state index in [0.29, 0.717) is 5.56 Å². The van der Waals surface area contributed by atoms with Crippen LogP contribution in [0.25, 0.3) is 0 Å². The van der Waals surface area contributed by atoms with Gasteiger partial charge in [0.05, 0.1) is 11.6 Å². The van der Waals surface area contributed by atoms with Gasteiger partial charge in [0.1, 0.15) is 0 Å². The molecule has 2 aromatic carbocycles. The number of nitrogens with zero attached hydrogens (tertiary/aromatic N) is 2. The number of hydrogen-bond donors (Lipinski definition) is 1. The predicted octanol–water partition coefficient (Wildman–Crippen LogP) is 5.26. The van der Waals surface area contributed by atoms with Crippen LogP contribution in [0.1, 0.15) is 30.5 Å². The summed E-state index contributed by atoms with van der Waals surface area (Å²) in [7, 11) is 0. The molecule has 0 bridgehead atoms. The summed E-state index contributed by atoms with van der Waals surface area (Å²) in [6.07, 6.45) is 0. The molecule has 5 heteroatoms. The fourth-order valence-electron chi connectivity index (χ4n) is 2.55. The monoisotopic (exact) mass is 385 g/mol. The summed E-state index contributed by atoms with van der Waals surface area (Å²) in [5.74, 6) is 0. The molecule has 0 aliphatic heterocycles. The fourth-order valence-corrected chi connectivity index (χ4v) is 4.51. The molecular formula is C21H27N3S2. The second-order valence-corrected chi connectivity index (χ2v) is 8.18. The largest absolute Gasteiger partial charge is 0.303 e. The van der Waals surface area contributed by atoms with Crippen LogP contribution in [0, 0.1) is 25.2 Å². The van der Waals surface area contributed by atoms with Crippen LogP contribution in [0.5, 0.6) is 0 Å². The maximum absolute atomic E-state index is 9.24. The van der Waals surface area contributed by atoms with Crippen LogP contribution in [0.2, 0.25) is 0 Å². The van der Waals surface area contributed by atoms with Crippen molar-refractivity contribution in [1.29, 1.82) is 5.26 Å². The Hall–Kier alpha value is -1.45. The number of nitrogens with one attached hydrogen (secondary N) is 1. The highest BCUT2D eigenvalue weighted by molar-refractivity contribution is 8.01. The van der Waals surface area contributed by atoms with Gasteiger partial charge in [-0.15, -0.1) is 0 Å². The summed E-state index contributed by atoms with van der Waals surface area (Å²) in [6, 6.07) is 14.7. The first-order valence-electron chi connectivity index (χ1n) is 8.98. The van der Waals surface area contributed by atoms with E-state index in [9.17, 15) is 5.26 Å². The Bertz CT molecular complexity index is 764. The van der Waals surface area contributed by atoms with Crippen LogP contribution in [0.3, 0.4) is 0 Å². The van der Waals surface area contributed by atoms with Crippen LogP contribution < -0.4 is 4.72 Å². The number of benzene rings is 2. The molecule has 3 nitrogen and oxygen atoms in total. The van der Waals surface area contributed by atoms with Crippen LogP contribution in [-0.2, 0) is 0 Å². The first-order chi connectivity index (χ1) is 12.6. The van der Waals surface area contributed by atoms with E-state index in [1.165, 1.54) is 20.9 Å². The molecule has 26 heavy (non-hydrogen) atoms. The lowest BCUT2D eigenvalue weighted by molar-refractivity contribution is 0.310. The third kappa shape index (κ3) is 6.07. The van der Waals surface area contributed by atoms with Crippen molar-refractivity contribution in [3.05, 3.63) is 53.1 Å². The predicted molar refractivity (Wildman–Crippen MR) is 113 cm³/mol. The summed E-state index contributed by atoms with van der Waals surface area (Å²) in [5.41, 5.74) is 3.23. The molecule has 0 unspecified atom stereocenters. The van der Waals surface area contributed by atoms with Crippen molar-refractivity contribution in [1.82, 2.24) is 9.62 Å². The lowest BCUT2D eigenvalue weighted by Crippen LogP contribution is -2.29. The van der Waals surface area contributed by atoms with Crippen molar-refractivity contribution in [3.8, 4) is 6.07 Å². The normalized spacial score (nSPS) is 10.9. The number of nitriles is 1. The minimum absolute atomic E-state index is 0.698. The van der Waals surface area contributed by atoms with Gasteiger partial charge in [0.25, 0.3) is 0 Å². The number of hydrogen-bond acceptors (Lipinski definition) is 5. The van der Waals surface area contributed by atoms with Crippen LogP contribution in [0.4, 0.5) is 0 Å². The van der Waals surface area contributed by atoms with Gasteiger partial charge in [-0.25, -0.2) is 0 Å². The molecule has 2 aromatic rings. The lowest BCUT2D eigenvalue weighted by Gasteiger charge is -2.18. The van der Waals surface area contributed by atoms with Crippen molar-refractivity contribution >= 4 is 23.7 Å². The number of likely N-dealkylation sites (N-methyl/N-ethyl adjacent to an activating group) is 1. The molecule has 0 atom stereocenters. The van der Waals surface area contributed by atoms with E-state index in [2.05, 4.69) is 67.7 Å². The van der Waals surface area contributed by atoms with Crippen LogP contribution in [0.15, 0.2) is 51.1 Å². The Balaban J connectivity index is 2.11. The summed E-state index contributed by atoms with van der Waals surface area (Å²) in [5, 5.41) is 9.24. The summed E-state index contributed by atoms with van der Waals surface area (Å²) in [6.45, 7) is 12.7. The molecule has 0 aliphatic rings. The minimum Gasteiger partial charge on any atom is -0.303 e. The summed E-state index contributed by atoms with van der Waals surface area (Å²) < 4.78 is 3.46. The molecule has 2 rings (SSSR count). The molecule has 0 aliphatic carbocycles. The molecule has 0 fully saturated rings. The van der Waals surface area contributed by atoms with Gasteiger partial charge in [0.15, 0.2) is 0 Å². The summed E-state index contributed by atoms with van der Waals surface area (Å²) in [4.78, 5) is 5.94. The first-order valence-corrected chi connectivity index (χ1v) is 10.6. The maximum atomic E-state index is 9.24. The highest BCUT2D eigenvalue weighted by Crippen LogP contribution is 2.37. The lowest BCUT2D eigenvalue weighted by atomic mass is 10.2. The average molecular weight is 386 g/mol. The Morgan fingerprint density at radius 3 is 2.46 bits per heavy atom. The average Bonchev–Trinajstić information content (AvgIpc) is 2.65. The zero-order valence-corrected chi connectivity index (χ0v) is 17.6. The molecular weight excluding hydrogens is 358 g/mol. The first kappa shape index (κ1) is 20.9. The molecule has 0 radical (unpaired) electrons. The van der Waals surface area contributed by atoms with E-state index < -0.39 is 0 Å². The van der Waals surface area contributed by atoms with E-state index in [-0.39, 0.29) is 0 Å². The zero-order valence-electron chi connectivity index (χ0n) is 16.0. The van der Waals surface area contributed by atoms with E-state index in [4.69, 9.17) is 0 Å². The smallest absolute Gasteiger partial charge is 0.0992 e. The minimum atomic E-state index is 0.698. The zero-order chi connectivity index (χ0) is 18.9. The van der Waals surface area contributed by atoms with Gasteiger partial charge >= 0.3 is 0 Å². The van der Waals surface area contributed by atoms with E-state index in [1.807, 2.05) is 12.1 Å². The van der Waals surface area contributed by atoms with Gasteiger partial charge in [-0.3, -0.25) is 4.72 Å². The second-order valence-electron chi connectivity index (χ2n) is 6.17. The van der Waals surface area contributed by atoms with Crippen LogP contribution >= 0.6 is 23.7 Å². The molecule has 0 amide bonds. The van der Waals surface area contributed by atoms with Gasteiger partial charge < -0.3 is 4.90 Å². The third-order valence-electron chi connectivity index (χ3n) is 4.24. The van der Waals surface area contributed by atoms with Gasteiger partial charge in [-0.1, -0.05) is 37.7 Å². The quantitative estimate of drug-likeness (QED) is 0.470. The van der Waals surface area contributed by atoms with Gasteiger partial charge in [0.2, 0.25) is 0 Å². The van der Waals surface area contributed by atoms with Crippen molar-refractivity contribution in [2.45, 2.75) is 42.4 Å². The maximum Gasteiger partial charge on any atom is 0.0992 e. The van der Waals surface area contributed by atoms with E-state index in [1.54, 1.807) is 23.7 Å². The van der Waals surface area contributed by atoms with Crippen molar-refractivity contribution in [3.63, 3.8) is 0 Å². The van der Waals surface area contributed by atoms with Gasteiger partial charge in [-0.2, -0.15) is 5.26 Å². The Morgan fingerprint density at radius 1 is 1.00 bits per heavy atom. The number of rotatable bonds is 9. The van der Waals surface area contributed by atoms with E-state index >= 15 is 0 Å². The molecule has 138 valence electrons. The Kier molecular flexibility index (Phi) is 8.53. The third-order valence-corrected chi connectivity index (χ3v) is 6.51. The molecule has 0 spiro atoms. The summed E-state index contributed by atoms with van der Waals surface area (Å²) >= 11 is 3.39. The van der Waals surface area contributed by atoms with Crippen LogP contribution in [-0.4, -0.2) is 31.1 Å². The molecule has 0 saturated carbocycles.